The maximum atomic E-state index is 13.4. The molecule has 5 rings (SSSR count). The number of thiazole rings is 2. The molecule has 0 aliphatic rings. The highest BCUT2D eigenvalue weighted by Gasteiger charge is 2.27. The fourth-order valence-electron chi connectivity index (χ4n) is 3.93. The van der Waals surface area contributed by atoms with Crippen molar-refractivity contribution >= 4 is 64.2 Å². The van der Waals surface area contributed by atoms with E-state index in [1.807, 2.05) is 63.2 Å². The number of benzene rings is 3. The van der Waals surface area contributed by atoms with Crippen LogP contribution in [0.2, 0.25) is 0 Å². The molecule has 0 saturated carbocycles. The van der Waals surface area contributed by atoms with Crippen LogP contribution in [-0.4, -0.2) is 34.6 Å². The number of anilines is 1. The van der Waals surface area contributed by atoms with Crippen molar-refractivity contribution in [1.29, 1.82) is 0 Å². The number of hydrogen-bond acceptors (Lipinski definition) is 7. The van der Waals surface area contributed by atoms with Gasteiger partial charge in [0.2, 0.25) is 10.0 Å². The summed E-state index contributed by atoms with van der Waals surface area (Å²) in [6.07, 6.45) is 0. The Balaban J connectivity index is 1.36. The zero-order valence-electron chi connectivity index (χ0n) is 19.9. The second-order valence-corrected chi connectivity index (χ2v) is 12.7. The Labute approximate surface area is 217 Å². The molecule has 1 amide bonds. The van der Waals surface area contributed by atoms with E-state index < -0.39 is 10.0 Å². The standard InChI is InChI=1S/C26H24N4O3S3/c1-16(2)30(15-18-7-5-4-6-8-18)36(32,33)20-11-9-19(10-12-20)25(31)29-26-28-22-14-13-21-23(24(22)35-26)34-17(3)27-21/h4-14,16H,15H2,1-3H3,(H,28,29,31). The fourth-order valence-corrected chi connectivity index (χ4v) is 7.56. The Hall–Kier alpha value is -3.18. The average molecular weight is 537 g/mol. The van der Waals surface area contributed by atoms with Crippen LogP contribution < -0.4 is 5.32 Å². The van der Waals surface area contributed by atoms with Crippen molar-refractivity contribution in [3.05, 3.63) is 82.9 Å². The topological polar surface area (TPSA) is 92.3 Å². The molecule has 36 heavy (non-hydrogen) atoms. The smallest absolute Gasteiger partial charge is 0.257 e. The lowest BCUT2D eigenvalue weighted by molar-refractivity contribution is 0.102. The zero-order valence-corrected chi connectivity index (χ0v) is 22.4. The van der Waals surface area contributed by atoms with E-state index >= 15 is 0 Å². The highest BCUT2D eigenvalue weighted by atomic mass is 32.2. The fraction of sp³-hybridized carbons (Fsp3) is 0.192. The number of carbonyl (C=O) groups excluding carboxylic acids is 1. The third kappa shape index (κ3) is 4.77. The van der Waals surface area contributed by atoms with Crippen LogP contribution in [0, 0.1) is 6.92 Å². The van der Waals surface area contributed by atoms with Gasteiger partial charge in [0.15, 0.2) is 5.13 Å². The molecule has 0 aliphatic carbocycles. The molecule has 10 heteroatoms. The molecule has 0 aliphatic heterocycles. The Morgan fingerprint density at radius 3 is 2.22 bits per heavy atom. The van der Waals surface area contributed by atoms with Gasteiger partial charge in [-0.05, 0) is 62.7 Å². The number of fused-ring (bicyclic) bond motifs is 3. The number of nitrogens with zero attached hydrogens (tertiary/aromatic N) is 3. The average Bonchev–Trinajstić information content (AvgIpc) is 3.45. The van der Waals surface area contributed by atoms with Gasteiger partial charge in [-0.15, -0.1) is 11.3 Å². The summed E-state index contributed by atoms with van der Waals surface area (Å²) in [6, 6.07) is 19.1. The first-order valence-electron chi connectivity index (χ1n) is 11.4. The van der Waals surface area contributed by atoms with E-state index in [-0.39, 0.29) is 23.4 Å². The summed E-state index contributed by atoms with van der Waals surface area (Å²) in [7, 11) is -3.75. The molecule has 0 radical (unpaired) electrons. The Bertz CT molecular complexity index is 1660. The summed E-state index contributed by atoms with van der Waals surface area (Å²) in [6.45, 7) is 5.93. The van der Waals surface area contributed by atoms with Crippen LogP contribution in [0.4, 0.5) is 5.13 Å². The van der Waals surface area contributed by atoms with Crippen molar-refractivity contribution in [2.24, 2.45) is 0 Å². The molecule has 184 valence electrons. The lowest BCUT2D eigenvalue weighted by atomic mass is 10.2. The van der Waals surface area contributed by atoms with Crippen molar-refractivity contribution in [2.75, 3.05) is 5.32 Å². The number of aromatic nitrogens is 2. The normalized spacial score (nSPS) is 12.1. The third-order valence-electron chi connectivity index (χ3n) is 5.72. The minimum absolute atomic E-state index is 0.145. The van der Waals surface area contributed by atoms with Crippen LogP contribution >= 0.6 is 22.7 Å². The van der Waals surface area contributed by atoms with Crippen molar-refractivity contribution < 1.29 is 13.2 Å². The number of rotatable bonds is 7. The second kappa shape index (κ2) is 9.70. The minimum Gasteiger partial charge on any atom is -0.298 e. The van der Waals surface area contributed by atoms with Gasteiger partial charge in [-0.1, -0.05) is 41.7 Å². The first-order valence-corrected chi connectivity index (χ1v) is 14.4. The zero-order chi connectivity index (χ0) is 25.4. The van der Waals surface area contributed by atoms with Crippen molar-refractivity contribution in [3.63, 3.8) is 0 Å². The molecule has 2 aromatic heterocycles. The molecule has 3 aromatic carbocycles. The van der Waals surface area contributed by atoms with Crippen LogP contribution in [0.15, 0.2) is 71.6 Å². The lowest BCUT2D eigenvalue weighted by Gasteiger charge is -2.26. The summed E-state index contributed by atoms with van der Waals surface area (Å²) in [5.41, 5.74) is 2.99. The highest BCUT2D eigenvalue weighted by molar-refractivity contribution is 7.89. The Morgan fingerprint density at radius 2 is 1.56 bits per heavy atom. The summed E-state index contributed by atoms with van der Waals surface area (Å²) in [5, 5.41) is 4.31. The number of amides is 1. The van der Waals surface area contributed by atoms with Gasteiger partial charge in [0.25, 0.3) is 5.91 Å². The van der Waals surface area contributed by atoms with Gasteiger partial charge in [-0.3, -0.25) is 10.1 Å². The predicted molar refractivity (Wildman–Crippen MR) is 146 cm³/mol. The van der Waals surface area contributed by atoms with E-state index in [4.69, 9.17) is 0 Å². The maximum absolute atomic E-state index is 13.4. The van der Waals surface area contributed by atoms with Crippen LogP contribution in [0.25, 0.3) is 20.4 Å². The molecule has 0 saturated heterocycles. The van der Waals surface area contributed by atoms with Gasteiger partial charge in [0, 0.05) is 18.2 Å². The van der Waals surface area contributed by atoms with Gasteiger partial charge in [-0.25, -0.2) is 18.4 Å². The number of hydrogen-bond donors (Lipinski definition) is 1. The van der Waals surface area contributed by atoms with Crippen molar-refractivity contribution in [2.45, 2.75) is 38.3 Å². The predicted octanol–water partition coefficient (Wildman–Crippen LogP) is 6.07. The second-order valence-electron chi connectivity index (χ2n) is 8.62. The molecule has 0 unspecified atom stereocenters. The third-order valence-corrected chi connectivity index (χ3v) is 9.89. The molecular formula is C26H24N4O3S3. The van der Waals surface area contributed by atoms with Gasteiger partial charge >= 0.3 is 0 Å². The van der Waals surface area contributed by atoms with E-state index in [1.165, 1.54) is 39.9 Å². The van der Waals surface area contributed by atoms with Crippen LogP contribution in [0.3, 0.4) is 0 Å². The van der Waals surface area contributed by atoms with E-state index in [9.17, 15) is 13.2 Å². The number of nitrogens with one attached hydrogen (secondary N) is 1. The van der Waals surface area contributed by atoms with Crippen LogP contribution in [-0.2, 0) is 16.6 Å². The lowest BCUT2D eigenvalue weighted by Crippen LogP contribution is -2.36. The van der Waals surface area contributed by atoms with Crippen molar-refractivity contribution in [1.82, 2.24) is 14.3 Å². The van der Waals surface area contributed by atoms with Crippen LogP contribution in [0.1, 0.15) is 34.8 Å². The number of aryl methyl sites for hydroxylation is 1. The summed E-state index contributed by atoms with van der Waals surface area (Å²) in [4.78, 5) is 22.1. The van der Waals surface area contributed by atoms with Gasteiger partial charge in [0.05, 0.1) is 30.3 Å². The maximum Gasteiger partial charge on any atom is 0.257 e. The Morgan fingerprint density at radius 1 is 0.917 bits per heavy atom. The molecule has 0 atom stereocenters. The Kier molecular flexibility index (Phi) is 6.60. The number of sulfonamides is 1. The van der Waals surface area contributed by atoms with E-state index in [2.05, 4.69) is 15.3 Å². The molecule has 0 spiro atoms. The first-order chi connectivity index (χ1) is 17.2. The van der Waals surface area contributed by atoms with Crippen LogP contribution in [0.5, 0.6) is 0 Å². The molecule has 0 fully saturated rings. The monoisotopic (exact) mass is 536 g/mol. The first kappa shape index (κ1) is 24.5. The quantitative estimate of drug-likeness (QED) is 0.273. The highest BCUT2D eigenvalue weighted by Crippen LogP contribution is 2.36. The van der Waals surface area contributed by atoms with Gasteiger partial charge < -0.3 is 0 Å². The van der Waals surface area contributed by atoms with E-state index in [1.54, 1.807) is 11.3 Å². The summed E-state index contributed by atoms with van der Waals surface area (Å²) < 4.78 is 30.2. The minimum atomic E-state index is -3.75. The molecule has 7 nitrogen and oxygen atoms in total. The molecule has 0 bridgehead atoms. The van der Waals surface area contributed by atoms with E-state index in [0.29, 0.717) is 10.7 Å². The summed E-state index contributed by atoms with van der Waals surface area (Å²) in [5.74, 6) is -0.347. The molecule has 5 aromatic rings. The van der Waals surface area contributed by atoms with E-state index in [0.717, 1.165) is 31.0 Å². The van der Waals surface area contributed by atoms with Crippen molar-refractivity contribution in [3.8, 4) is 0 Å². The summed E-state index contributed by atoms with van der Waals surface area (Å²) >= 11 is 3.01. The SMILES string of the molecule is Cc1nc2ccc3nc(NC(=O)c4ccc(S(=O)(=O)N(Cc5ccccc5)C(C)C)cc4)sc3c2s1. The largest absolute Gasteiger partial charge is 0.298 e. The molecule has 1 N–H and O–H groups in total. The molecular weight excluding hydrogens is 513 g/mol. The van der Waals surface area contributed by atoms with Gasteiger partial charge in [0.1, 0.15) is 0 Å². The number of carbonyl (C=O) groups is 1. The molecule has 2 heterocycles. The van der Waals surface area contributed by atoms with Gasteiger partial charge in [-0.2, -0.15) is 4.31 Å².